The first-order chi connectivity index (χ1) is 15.3. The molecule has 0 aliphatic heterocycles. The van der Waals surface area contributed by atoms with E-state index in [1.54, 1.807) is 30.5 Å². The minimum atomic E-state index is -0.433. The molecule has 0 bridgehead atoms. The van der Waals surface area contributed by atoms with Crippen molar-refractivity contribution in [3.63, 3.8) is 0 Å². The molecule has 0 N–H and O–H groups in total. The van der Waals surface area contributed by atoms with Crippen molar-refractivity contribution in [1.29, 1.82) is 0 Å². The van der Waals surface area contributed by atoms with Crippen LogP contribution in [0.4, 0.5) is 0 Å². The lowest BCUT2D eigenvalue weighted by molar-refractivity contribution is 0.0734. The summed E-state index contributed by atoms with van der Waals surface area (Å²) in [5.74, 6) is 0.913. The van der Waals surface area contributed by atoms with Gasteiger partial charge in [0.05, 0.1) is 16.6 Å². The number of carbonyl (C=O) groups is 1. The number of imidazole rings is 1. The summed E-state index contributed by atoms with van der Waals surface area (Å²) in [6, 6.07) is 29.2. The highest BCUT2D eigenvalue weighted by Gasteiger charge is 2.14. The van der Waals surface area contributed by atoms with Gasteiger partial charge in [-0.25, -0.2) is 9.78 Å². The van der Waals surface area contributed by atoms with Crippen molar-refractivity contribution in [2.24, 2.45) is 0 Å². The molecule has 0 fully saturated rings. The van der Waals surface area contributed by atoms with E-state index in [-0.39, 0.29) is 0 Å². The van der Waals surface area contributed by atoms with Crippen molar-refractivity contribution in [2.45, 2.75) is 6.54 Å². The van der Waals surface area contributed by atoms with Gasteiger partial charge in [0, 0.05) is 24.5 Å². The average molecular weight is 405 g/mol. The SMILES string of the molecule is O=C(Oc1ccc(-c2nc3ccccc3n2Cc2ccccc2)cc1)c1cccnc1. The first-order valence-corrected chi connectivity index (χ1v) is 10.00. The van der Waals surface area contributed by atoms with Crippen molar-refractivity contribution in [1.82, 2.24) is 14.5 Å². The lowest BCUT2D eigenvalue weighted by atomic mass is 10.2. The number of hydrogen-bond donors (Lipinski definition) is 0. The van der Waals surface area contributed by atoms with Crippen LogP contribution < -0.4 is 4.74 Å². The van der Waals surface area contributed by atoms with Crippen LogP contribution in [0.1, 0.15) is 15.9 Å². The molecule has 0 unspecified atom stereocenters. The number of esters is 1. The fourth-order valence-electron chi connectivity index (χ4n) is 3.54. The van der Waals surface area contributed by atoms with Gasteiger partial charge in [0.15, 0.2) is 0 Å². The standard InChI is InChI=1S/C26H19N3O2/c30-26(21-9-6-16-27-17-21)31-22-14-12-20(13-15-22)25-28-23-10-4-5-11-24(23)29(25)18-19-7-2-1-3-8-19/h1-17H,18H2. The summed E-state index contributed by atoms with van der Waals surface area (Å²) in [5.41, 5.74) is 4.59. The van der Waals surface area contributed by atoms with Crippen LogP contribution in [0.3, 0.4) is 0 Å². The summed E-state index contributed by atoms with van der Waals surface area (Å²) < 4.78 is 7.68. The number of para-hydroxylation sites is 2. The summed E-state index contributed by atoms with van der Waals surface area (Å²) in [6.07, 6.45) is 3.11. The number of benzene rings is 3. The molecule has 3 aromatic carbocycles. The number of nitrogens with zero attached hydrogens (tertiary/aromatic N) is 3. The molecule has 0 radical (unpaired) electrons. The van der Waals surface area contributed by atoms with Crippen molar-refractivity contribution in [2.75, 3.05) is 0 Å². The highest BCUT2D eigenvalue weighted by Crippen LogP contribution is 2.27. The molecule has 5 nitrogen and oxygen atoms in total. The highest BCUT2D eigenvalue weighted by atomic mass is 16.5. The van der Waals surface area contributed by atoms with E-state index in [9.17, 15) is 4.79 Å². The van der Waals surface area contributed by atoms with E-state index >= 15 is 0 Å². The van der Waals surface area contributed by atoms with Gasteiger partial charge in [-0.15, -0.1) is 0 Å². The molecular formula is C26H19N3O2. The van der Waals surface area contributed by atoms with Crippen LogP contribution in [-0.4, -0.2) is 20.5 Å². The molecule has 0 amide bonds. The fraction of sp³-hybridized carbons (Fsp3) is 0.0385. The van der Waals surface area contributed by atoms with Gasteiger partial charge >= 0.3 is 5.97 Å². The smallest absolute Gasteiger partial charge is 0.345 e. The van der Waals surface area contributed by atoms with Gasteiger partial charge in [-0.05, 0) is 54.1 Å². The van der Waals surface area contributed by atoms with Crippen LogP contribution in [0, 0.1) is 0 Å². The Morgan fingerprint density at radius 2 is 1.61 bits per heavy atom. The Morgan fingerprint density at radius 1 is 0.839 bits per heavy atom. The second-order valence-electron chi connectivity index (χ2n) is 7.15. The normalized spacial score (nSPS) is 10.8. The number of pyridine rings is 1. The molecule has 31 heavy (non-hydrogen) atoms. The summed E-state index contributed by atoms with van der Waals surface area (Å²) in [7, 11) is 0. The van der Waals surface area contributed by atoms with Gasteiger partial charge in [0.2, 0.25) is 0 Å². The number of fused-ring (bicyclic) bond motifs is 1. The van der Waals surface area contributed by atoms with Crippen molar-refractivity contribution >= 4 is 17.0 Å². The van der Waals surface area contributed by atoms with Crippen LogP contribution in [0.25, 0.3) is 22.4 Å². The zero-order valence-electron chi connectivity index (χ0n) is 16.7. The number of rotatable bonds is 5. The first-order valence-electron chi connectivity index (χ1n) is 10.00. The van der Waals surface area contributed by atoms with Gasteiger partial charge in [-0.1, -0.05) is 42.5 Å². The molecule has 2 aromatic heterocycles. The zero-order chi connectivity index (χ0) is 21.0. The fourth-order valence-corrected chi connectivity index (χ4v) is 3.54. The largest absolute Gasteiger partial charge is 0.423 e. The minimum Gasteiger partial charge on any atom is -0.423 e. The maximum Gasteiger partial charge on any atom is 0.345 e. The van der Waals surface area contributed by atoms with Gasteiger partial charge in [0.25, 0.3) is 0 Å². The molecule has 0 saturated heterocycles. The van der Waals surface area contributed by atoms with E-state index in [0.717, 1.165) is 22.4 Å². The van der Waals surface area contributed by atoms with Crippen LogP contribution in [0.2, 0.25) is 0 Å². The van der Waals surface area contributed by atoms with Crippen LogP contribution in [0.15, 0.2) is 103 Å². The third-order valence-corrected chi connectivity index (χ3v) is 5.06. The predicted octanol–water partition coefficient (Wildman–Crippen LogP) is 5.37. The number of aromatic nitrogens is 3. The number of ether oxygens (including phenoxy) is 1. The van der Waals surface area contributed by atoms with E-state index in [0.29, 0.717) is 17.9 Å². The topological polar surface area (TPSA) is 57.0 Å². The number of carbonyl (C=O) groups excluding carboxylic acids is 1. The maximum absolute atomic E-state index is 12.3. The van der Waals surface area contributed by atoms with Crippen molar-refractivity contribution in [3.8, 4) is 17.1 Å². The van der Waals surface area contributed by atoms with Gasteiger partial charge < -0.3 is 9.30 Å². The van der Waals surface area contributed by atoms with E-state index in [1.807, 2.05) is 48.5 Å². The average Bonchev–Trinajstić information content (AvgIpc) is 3.19. The van der Waals surface area contributed by atoms with Crippen molar-refractivity contribution in [3.05, 3.63) is 115 Å². The van der Waals surface area contributed by atoms with Crippen LogP contribution in [0.5, 0.6) is 5.75 Å². The molecule has 0 aliphatic carbocycles. The third kappa shape index (κ3) is 3.94. The lowest BCUT2D eigenvalue weighted by Crippen LogP contribution is -2.08. The zero-order valence-corrected chi connectivity index (χ0v) is 16.7. The van der Waals surface area contributed by atoms with E-state index in [2.05, 4.69) is 27.8 Å². The Hall–Kier alpha value is -4.25. The Bertz CT molecular complexity index is 1330. The van der Waals surface area contributed by atoms with Crippen LogP contribution >= 0.6 is 0 Å². The lowest BCUT2D eigenvalue weighted by Gasteiger charge is -2.10. The molecule has 5 heteroatoms. The first kappa shape index (κ1) is 18.8. The highest BCUT2D eigenvalue weighted by molar-refractivity contribution is 5.90. The Labute approximate surface area is 179 Å². The number of hydrogen-bond acceptors (Lipinski definition) is 4. The molecule has 5 rings (SSSR count). The van der Waals surface area contributed by atoms with Gasteiger partial charge in [0.1, 0.15) is 11.6 Å². The Morgan fingerprint density at radius 3 is 2.39 bits per heavy atom. The molecular weight excluding hydrogens is 386 g/mol. The van der Waals surface area contributed by atoms with E-state index < -0.39 is 5.97 Å². The molecule has 0 spiro atoms. The van der Waals surface area contributed by atoms with Gasteiger partial charge in [-0.2, -0.15) is 0 Å². The van der Waals surface area contributed by atoms with E-state index in [4.69, 9.17) is 9.72 Å². The Balaban J connectivity index is 1.46. The second-order valence-corrected chi connectivity index (χ2v) is 7.15. The summed E-state index contributed by atoms with van der Waals surface area (Å²) in [6.45, 7) is 0.717. The van der Waals surface area contributed by atoms with Gasteiger partial charge in [-0.3, -0.25) is 4.98 Å². The quantitative estimate of drug-likeness (QED) is 0.292. The third-order valence-electron chi connectivity index (χ3n) is 5.06. The molecule has 2 heterocycles. The van der Waals surface area contributed by atoms with Crippen molar-refractivity contribution < 1.29 is 9.53 Å². The second kappa shape index (κ2) is 8.24. The predicted molar refractivity (Wildman–Crippen MR) is 120 cm³/mol. The maximum atomic E-state index is 12.3. The summed E-state index contributed by atoms with van der Waals surface area (Å²) in [5, 5.41) is 0. The molecule has 0 aliphatic rings. The molecule has 5 aromatic rings. The summed E-state index contributed by atoms with van der Waals surface area (Å²) >= 11 is 0. The van der Waals surface area contributed by atoms with Crippen LogP contribution in [-0.2, 0) is 6.54 Å². The molecule has 0 saturated carbocycles. The van der Waals surface area contributed by atoms with E-state index in [1.165, 1.54) is 11.8 Å². The molecule has 150 valence electrons. The molecule has 0 atom stereocenters. The minimum absolute atomic E-state index is 0.413. The summed E-state index contributed by atoms with van der Waals surface area (Å²) in [4.78, 5) is 21.1. The Kier molecular flexibility index (Phi) is 4.99. The monoisotopic (exact) mass is 405 g/mol.